The molecule has 0 spiro atoms. The lowest BCUT2D eigenvalue weighted by atomic mass is 9.97. The van der Waals surface area contributed by atoms with Crippen LogP contribution < -0.4 is 5.11 Å². The van der Waals surface area contributed by atoms with Gasteiger partial charge in [0.2, 0.25) is 0 Å². The first kappa shape index (κ1) is 23.9. The predicted molar refractivity (Wildman–Crippen MR) is 118 cm³/mol. The molecule has 1 saturated carbocycles. The third-order valence-electron chi connectivity index (χ3n) is 4.67. The fourth-order valence-electron chi connectivity index (χ4n) is 2.80. The molecule has 1 aliphatic rings. The summed E-state index contributed by atoms with van der Waals surface area (Å²) in [7, 11) is 0. The van der Waals surface area contributed by atoms with Gasteiger partial charge in [0.05, 0.1) is 27.1 Å². The molecule has 2 aromatic carbocycles. The lowest BCUT2D eigenvalue weighted by Gasteiger charge is -2.18. The molecular formula is C21H12BrCl3F3N2O-. The van der Waals surface area contributed by atoms with Crippen molar-refractivity contribution in [1.82, 2.24) is 0 Å². The van der Waals surface area contributed by atoms with Gasteiger partial charge in [0, 0.05) is 4.47 Å². The standard InChI is InChI=1S/C21H13BrCl3F3N2O/c22-15-7-11(1-3-13(15)19(31)30-20(10-29)5-6-20)2-4-14(21(26,27)28)12-8-16(23)18(25)17(24)9-12/h1-4,7-9,14H,5-6H2,(H,30,31)/p-1/b4-2+. The smallest absolute Gasteiger partial charge is 0.399 e. The number of rotatable bonds is 5. The van der Waals surface area contributed by atoms with Gasteiger partial charge in [0.25, 0.3) is 0 Å². The molecule has 0 aromatic heterocycles. The summed E-state index contributed by atoms with van der Waals surface area (Å²) in [5.41, 5.74) is -0.456. The van der Waals surface area contributed by atoms with Crippen molar-refractivity contribution in [1.29, 1.82) is 5.26 Å². The van der Waals surface area contributed by atoms with Crippen LogP contribution in [0.5, 0.6) is 0 Å². The van der Waals surface area contributed by atoms with E-state index in [0.29, 0.717) is 22.9 Å². The maximum atomic E-state index is 13.7. The van der Waals surface area contributed by atoms with Gasteiger partial charge < -0.3 is 5.11 Å². The number of allylic oxidation sites excluding steroid dienone is 1. The molecule has 3 nitrogen and oxygen atoms in total. The first-order chi connectivity index (χ1) is 14.5. The number of hydrogen-bond acceptors (Lipinski definition) is 3. The Labute approximate surface area is 199 Å². The normalized spacial score (nSPS) is 16.9. The van der Waals surface area contributed by atoms with Crippen LogP contribution in [0.3, 0.4) is 0 Å². The van der Waals surface area contributed by atoms with Crippen LogP contribution in [0.25, 0.3) is 6.08 Å². The molecule has 0 heterocycles. The van der Waals surface area contributed by atoms with Crippen LogP contribution in [-0.2, 0) is 0 Å². The van der Waals surface area contributed by atoms with Crippen LogP contribution in [0.4, 0.5) is 13.2 Å². The molecule has 3 rings (SSSR count). The van der Waals surface area contributed by atoms with Gasteiger partial charge in [-0.3, -0.25) is 4.99 Å². The van der Waals surface area contributed by atoms with Crippen LogP contribution in [0.2, 0.25) is 15.1 Å². The molecule has 31 heavy (non-hydrogen) atoms. The Bertz CT molecular complexity index is 1100. The molecule has 1 unspecified atom stereocenters. The zero-order chi connectivity index (χ0) is 23.0. The molecule has 0 bridgehead atoms. The Kier molecular flexibility index (Phi) is 6.97. The molecule has 1 atom stereocenters. The topological polar surface area (TPSA) is 59.2 Å². The van der Waals surface area contributed by atoms with Gasteiger partial charge in [-0.2, -0.15) is 18.4 Å². The highest BCUT2D eigenvalue weighted by molar-refractivity contribution is 9.10. The fourth-order valence-corrected chi connectivity index (χ4v) is 3.98. The van der Waals surface area contributed by atoms with Gasteiger partial charge in [-0.1, -0.05) is 75.0 Å². The van der Waals surface area contributed by atoms with Crippen molar-refractivity contribution in [2.75, 3.05) is 0 Å². The van der Waals surface area contributed by atoms with Gasteiger partial charge >= 0.3 is 6.18 Å². The second kappa shape index (κ2) is 9.03. The number of halogens is 7. The van der Waals surface area contributed by atoms with Gasteiger partial charge in [0.15, 0.2) is 0 Å². The zero-order valence-corrected chi connectivity index (χ0v) is 19.3. The van der Waals surface area contributed by atoms with Crippen molar-refractivity contribution in [2.24, 2.45) is 4.99 Å². The van der Waals surface area contributed by atoms with E-state index in [9.17, 15) is 18.3 Å². The molecule has 1 fully saturated rings. The fraction of sp³-hybridized carbons (Fsp3) is 0.238. The van der Waals surface area contributed by atoms with E-state index >= 15 is 0 Å². The minimum atomic E-state index is -4.60. The van der Waals surface area contributed by atoms with Crippen LogP contribution in [-0.4, -0.2) is 17.6 Å². The molecule has 1 aliphatic carbocycles. The van der Waals surface area contributed by atoms with Crippen LogP contribution >= 0.6 is 50.7 Å². The quantitative estimate of drug-likeness (QED) is 0.230. The molecule has 10 heteroatoms. The molecule has 162 valence electrons. The monoisotopic (exact) mass is 549 g/mol. The van der Waals surface area contributed by atoms with Gasteiger partial charge in [-0.15, -0.1) is 0 Å². The second-order valence-electron chi connectivity index (χ2n) is 6.98. The van der Waals surface area contributed by atoms with E-state index in [1.165, 1.54) is 24.3 Å². The Morgan fingerprint density at radius 2 is 1.81 bits per heavy atom. The first-order valence-electron chi connectivity index (χ1n) is 8.83. The third kappa shape index (κ3) is 5.56. The van der Waals surface area contributed by atoms with E-state index in [0.717, 1.165) is 18.2 Å². The van der Waals surface area contributed by atoms with Gasteiger partial charge in [0.1, 0.15) is 5.54 Å². The molecular weight excluding hydrogens is 540 g/mol. The van der Waals surface area contributed by atoms with Crippen molar-refractivity contribution in [3.05, 3.63) is 72.6 Å². The van der Waals surface area contributed by atoms with Crippen LogP contribution in [0.1, 0.15) is 35.4 Å². The van der Waals surface area contributed by atoms with Gasteiger partial charge in [-0.25, -0.2) is 0 Å². The van der Waals surface area contributed by atoms with Crippen molar-refractivity contribution >= 4 is 62.7 Å². The highest BCUT2D eigenvalue weighted by Crippen LogP contribution is 2.41. The largest absolute Gasteiger partial charge is 0.858 e. The van der Waals surface area contributed by atoms with E-state index in [1.54, 1.807) is 0 Å². The number of benzene rings is 2. The average molecular weight is 552 g/mol. The van der Waals surface area contributed by atoms with E-state index in [4.69, 9.17) is 40.1 Å². The highest BCUT2D eigenvalue weighted by Gasteiger charge is 2.43. The molecule has 0 aliphatic heterocycles. The van der Waals surface area contributed by atoms with Crippen molar-refractivity contribution in [3.63, 3.8) is 0 Å². The maximum absolute atomic E-state index is 13.7. The predicted octanol–water partition coefficient (Wildman–Crippen LogP) is 6.93. The summed E-state index contributed by atoms with van der Waals surface area (Å²) in [5, 5.41) is 21.2. The zero-order valence-electron chi connectivity index (χ0n) is 15.5. The lowest BCUT2D eigenvalue weighted by molar-refractivity contribution is -0.213. The van der Waals surface area contributed by atoms with E-state index in [2.05, 4.69) is 20.9 Å². The number of aliphatic imine (C=N–C) groups is 1. The molecule has 0 radical (unpaired) electrons. The Morgan fingerprint density at radius 3 is 2.29 bits per heavy atom. The van der Waals surface area contributed by atoms with E-state index in [-0.39, 0.29) is 26.2 Å². The van der Waals surface area contributed by atoms with Crippen LogP contribution in [0.15, 0.2) is 45.9 Å². The summed E-state index contributed by atoms with van der Waals surface area (Å²) in [6, 6.07) is 8.70. The van der Waals surface area contributed by atoms with Gasteiger partial charge in [-0.05, 0) is 53.6 Å². The lowest BCUT2D eigenvalue weighted by Crippen LogP contribution is -2.22. The van der Waals surface area contributed by atoms with Crippen molar-refractivity contribution in [2.45, 2.75) is 30.5 Å². The Balaban J connectivity index is 1.90. The van der Waals surface area contributed by atoms with Crippen molar-refractivity contribution < 1.29 is 18.3 Å². The molecule has 0 N–H and O–H groups in total. The summed E-state index contributed by atoms with van der Waals surface area (Å²) in [4.78, 5) is 3.94. The summed E-state index contributed by atoms with van der Waals surface area (Å²) < 4.78 is 41.3. The summed E-state index contributed by atoms with van der Waals surface area (Å²) in [6.45, 7) is 0. The maximum Gasteiger partial charge on any atom is 0.399 e. The van der Waals surface area contributed by atoms with E-state index < -0.39 is 23.5 Å². The minimum Gasteiger partial charge on any atom is -0.858 e. The number of alkyl halides is 3. The molecule has 0 saturated heterocycles. The van der Waals surface area contributed by atoms with Crippen molar-refractivity contribution in [3.8, 4) is 6.07 Å². The number of hydrogen-bond donors (Lipinski definition) is 0. The summed E-state index contributed by atoms with van der Waals surface area (Å²) in [6.07, 6.45) is -1.28. The third-order valence-corrected chi connectivity index (χ3v) is 6.52. The molecule has 0 amide bonds. The summed E-state index contributed by atoms with van der Waals surface area (Å²) >= 11 is 20.8. The Hall–Kier alpha value is -1.72. The average Bonchev–Trinajstić information content (AvgIpc) is 3.45. The van der Waals surface area contributed by atoms with E-state index in [1.807, 2.05) is 6.07 Å². The summed E-state index contributed by atoms with van der Waals surface area (Å²) in [5.74, 6) is -2.53. The first-order valence-corrected chi connectivity index (χ1v) is 10.8. The SMILES string of the molecule is N#CC1(N=C([O-])c2ccc(/C=C/C(c3cc(Cl)c(Cl)c(Cl)c3)C(F)(F)F)cc2Br)CC1. The minimum absolute atomic E-state index is 0.0176. The second-order valence-corrected chi connectivity index (χ2v) is 9.02. The number of nitrogens with zero attached hydrogens (tertiary/aromatic N) is 2. The highest BCUT2D eigenvalue weighted by atomic mass is 79.9. The van der Waals surface area contributed by atoms with Crippen LogP contribution in [0, 0.1) is 11.3 Å². The Morgan fingerprint density at radius 1 is 1.19 bits per heavy atom. The number of nitriles is 1. The molecule has 2 aromatic rings.